The summed E-state index contributed by atoms with van der Waals surface area (Å²) < 4.78 is 26.0. The number of rotatable bonds is 9. The van der Waals surface area contributed by atoms with Crippen molar-refractivity contribution in [1.82, 2.24) is 0 Å². The highest BCUT2D eigenvalue weighted by Crippen LogP contribution is 2.36. The van der Waals surface area contributed by atoms with Gasteiger partial charge in [-0.25, -0.2) is 9.59 Å². The predicted octanol–water partition coefficient (Wildman–Crippen LogP) is 4.00. The van der Waals surface area contributed by atoms with Gasteiger partial charge in [-0.05, 0) is 31.2 Å². The molecule has 1 aromatic carbocycles. The number of carbonyl (C=O) groups is 3. The van der Waals surface area contributed by atoms with Crippen LogP contribution in [0, 0.1) is 0 Å². The average molecular weight is 459 g/mol. The van der Waals surface area contributed by atoms with E-state index < -0.39 is 24.5 Å². The normalized spacial score (nSPS) is 10.3. The summed E-state index contributed by atoms with van der Waals surface area (Å²) in [7, 11) is 2.81. The Morgan fingerprint density at radius 2 is 1.66 bits per heavy atom. The van der Waals surface area contributed by atoms with Crippen LogP contribution >= 0.6 is 11.3 Å². The zero-order chi connectivity index (χ0) is 23.1. The van der Waals surface area contributed by atoms with Gasteiger partial charge in [-0.2, -0.15) is 0 Å². The van der Waals surface area contributed by atoms with E-state index in [4.69, 9.17) is 23.4 Å². The van der Waals surface area contributed by atoms with E-state index in [1.165, 1.54) is 20.5 Å². The fourth-order valence-electron chi connectivity index (χ4n) is 2.89. The number of thiophene rings is 1. The Morgan fingerprint density at radius 1 is 0.969 bits per heavy atom. The Morgan fingerprint density at radius 3 is 2.25 bits per heavy atom. The molecule has 0 spiro atoms. The molecule has 0 unspecified atom stereocenters. The van der Waals surface area contributed by atoms with Crippen LogP contribution in [0.15, 0.2) is 46.4 Å². The summed E-state index contributed by atoms with van der Waals surface area (Å²) in [5, 5.41) is 4.52. The number of anilines is 1. The maximum absolute atomic E-state index is 12.5. The van der Waals surface area contributed by atoms with Gasteiger partial charge in [0, 0.05) is 10.9 Å². The second kappa shape index (κ2) is 10.5. The largest absolute Gasteiger partial charge is 0.496 e. The van der Waals surface area contributed by atoms with Gasteiger partial charge in [0.2, 0.25) is 0 Å². The molecule has 2 heterocycles. The first-order valence-corrected chi connectivity index (χ1v) is 10.4. The van der Waals surface area contributed by atoms with Crippen LogP contribution < -0.4 is 14.8 Å². The fraction of sp³-hybridized carbons (Fsp3) is 0.227. The van der Waals surface area contributed by atoms with Crippen LogP contribution in [-0.2, 0) is 14.3 Å². The summed E-state index contributed by atoms with van der Waals surface area (Å²) >= 11 is 1.13. The van der Waals surface area contributed by atoms with Gasteiger partial charge in [0.15, 0.2) is 6.61 Å². The van der Waals surface area contributed by atoms with Crippen LogP contribution in [0.2, 0.25) is 0 Å². The smallest absolute Gasteiger partial charge is 0.346 e. The van der Waals surface area contributed by atoms with Gasteiger partial charge in [0.25, 0.3) is 5.91 Å². The molecule has 0 aliphatic carbocycles. The molecule has 0 aliphatic rings. The number of methoxy groups -OCH3 is 2. The molecule has 2 aromatic heterocycles. The minimum atomic E-state index is -0.789. The van der Waals surface area contributed by atoms with E-state index in [1.807, 2.05) is 0 Å². The van der Waals surface area contributed by atoms with E-state index >= 15 is 0 Å². The van der Waals surface area contributed by atoms with E-state index in [1.54, 1.807) is 42.6 Å². The van der Waals surface area contributed by atoms with Crippen LogP contribution in [0.5, 0.6) is 11.5 Å². The highest BCUT2D eigenvalue weighted by Gasteiger charge is 2.25. The highest BCUT2D eigenvalue weighted by atomic mass is 32.1. The van der Waals surface area contributed by atoms with Gasteiger partial charge >= 0.3 is 11.9 Å². The molecule has 0 saturated carbocycles. The second-order valence-corrected chi connectivity index (χ2v) is 7.09. The molecule has 1 amide bonds. The molecular formula is C22H21NO8S. The molecule has 3 rings (SSSR count). The van der Waals surface area contributed by atoms with Crippen LogP contribution in [-0.4, -0.2) is 45.3 Å². The fourth-order valence-corrected chi connectivity index (χ4v) is 3.84. The van der Waals surface area contributed by atoms with E-state index in [2.05, 4.69) is 5.32 Å². The Labute approximate surface area is 187 Å². The Bertz CT molecular complexity index is 1080. The molecule has 1 N–H and O–H groups in total. The first-order valence-electron chi connectivity index (χ1n) is 9.50. The van der Waals surface area contributed by atoms with Crippen molar-refractivity contribution in [2.75, 3.05) is 32.8 Å². The average Bonchev–Trinajstić information content (AvgIpc) is 3.47. The third kappa shape index (κ3) is 4.92. The monoisotopic (exact) mass is 459 g/mol. The Hall–Kier alpha value is -3.79. The van der Waals surface area contributed by atoms with Gasteiger partial charge in [-0.15, -0.1) is 11.3 Å². The zero-order valence-corrected chi connectivity index (χ0v) is 18.4. The molecule has 168 valence electrons. The Kier molecular flexibility index (Phi) is 7.50. The number of carbonyl (C=O) groups excluding carboxylic acids is 3. The van der Waals surface area contributed by atoms with Crippen molar-refractivity contribution in [2.45, 2.75) is 6.92 Å². The van der Waals surface area contributed by atoms with Crippen molar-refractivity contribution < 1.29 is 37.7 Å². The highest BCUT2D eigenvalue weighted by molar-refractivity contribution is 7.15. The maximum atomic E-state index is 12.5. The van der Waals surface area contributed by atoms with Crippen LogP contribution in [0.3, 0.4) is 0 Å². The molecule has 10 heteroatoms. The standard InChI is InChI=1S/C22H21NO8S/c1-4-29-21(25)18-13(14-9-6-10-30-14)12-32-20(18)23-17(24)11-31-22(26)19-15(27-2)7-5-8-16(19)28-3/h5-10,12H,4,11H2,1-3H3,(H,23,24). The third-order valence-corrected chi connectivity index (χ3v) is 5.17. The van der Waals surface area contributed by atoms with E-state index in [-0.39, 0.29) is 34.2 Å². The lowest BCUT2D eigenvalue weighted by atomic mass is 10.1. The zero-order valence-electron chi connectivity index (χ0n) is 17.6. The van der Waals surface area contributed by atoms with E-state index in [0.29, 0.717) is 11.3 Å². The number of hydrogen-bond acceptors (Lipinski definition) is 9. The summed E-state index contributed by atoms with van der Waals surface area (Å²) in [5.41, 5.74) is 0.719. The lowest BCUT2D eigenvalue weighted by Gasteiger charge is -2.12. The predicted molar refractivity (Wildman–Crippen MR) is 116 cm³/mol. The summed E-state index contributed by atoms with van der Waals surface area (Å²) in [6, 6.07) is 8.19. The number of benzene rings is 1. The van der Waals surface area contributed by atoms with Gasteiger partial charge in [0.1, 0.15) is 33.4 Å². The SMILES string of the molecule is CCOC(=O)c1c(-c2ccco2)csc1NC(=O)COC(=O)c1c(OC)cccc1OC. The van der Waals surface area contributed by atoms with Gasteiger partial charge in [0.05, 0.1) is 27.1 Å². The molecule has 0 aliphatic heterocycles. The molecular weight excluding hydrogens is 438 g/mol. The molecule has 0 saturated heterocycles. The maximum Gasteiger partial charge on any atom is 0.346 e. The van der Waals surface area contributed by atoms with Crippen LogP contribution in [0.25, 0.3) is 11.3 Å². The van der Waals surface area contributed by atoms with Crippen molar-refractivity contribution in [2.24, 2.45) is 0 Å². The van der Waals surface area contributed by atoms with Crippen molar-refractivity contribution in [3.8, 4) is 22.8 Å². The van der Waals surface area contributed by atoms with Gasteiger partial charge in [-0.3, -0.25) is 4.79 Å². The molecule has 0 radical (unpaired) electrons. The van der Waals surface area contributed by atoms with E-state index in [0.717, 1.165) is 11.3 Å². The number of hydrogen-bond donors (Lipinski definition) is 1. The molecule has 0 fully saturated rings. The number of amides is 1. The third-order valence-electron chi connectivity index (χ3n) is 4.28. The summed E-state index contributed by atoms with van der Waals surface area (Å²) in [6.07, 6.45) is 1.48. The summed E-state index contributed by atoms with van der Waals surface area (Å²) in [6.45, 7) is 1.26. The Balaban J connectivity index is 1.75. The van der Waals surface area contributed by atoms with Crippen molar-refractivity contribution in [3.05, 3.63) is 53.1 Å². The lowest BCUT2D eigenvalue weighted by Crippen LogP contribution is -2.22. The molecule has 3 aromatic rings. The number of esters is 2. The number of nitrogens with one attached hydrogen (secondary N) is 1. The minimum absolute atomic E-state index is 0.0636. The van der Waals surface area contributed by atoms with Gasteiger partial charge < -0.3 is 28.7 Å². The topological polar surface area (TPSA) is 113 Å². The molecule has 32 heavy (non-hydrogen) atoms. The molecule has 9 nitrogen and oxygen atoms in total. The van der Waals surface area contributed by atoms with Crippen LogP contribution in [0.4, 0.5) is 5.00 Å². The van der Waals surface area contributed by atoms with Gasteiger partial charge in [-0.1, -0.05) is 6.07 Å². The molecule has 0 atom stereocenters. The number of ether oxygens (including phenoxy) is 4. The van der Waals surface area contributed by atoms with Crippen molar-refractivity contribution >= 4 is 34.2 Å². The van der Waals surface area contributed by atoms with E-state index in [9.17, 15) is 14.4 Å². The van der Waals surface area contributed by atoms with Crippen molar-refractivity contribution in [3.63, 3.8) is 0 Å². The summed E-state index contributed by atoms with van der Waals surface area (Å²) in [5.74, 6) is -1.07. The second-order valence-electron chi connectivity index (χ2n) is 6.21. The first kappa shape index (κ1) is 22.9. The van der Waals surface area contributed by atoms with Crippen molar-refractivity contribution in [1.29, 1.82) is 0 Å². The quantitative estimate of drug-likeness (QED) is 0.478. The minimum Gasteiger partial charge on any atom is -0.496 e. The number of furan rings is 1. The summed E-state index contributed by atoms with van der Waals surface area (Å²) in [4.78, 5) is 37.5. The molecule has 0 bridgehead atoms. The lowest BCUT2D eigenvalue weighted by molar-refractivity contribution is -0.119. The van der Waals surface area contributed by atoms with Crippen LogP contribution in [0.1, 0.15) is 27.6 Å². The first-order chi connectivity index (χ1) is 15.5.